The number of ether oxygens (including phenoxy) is 2. The molecule has 182 valence electrons. The van der Waals surface area contributed by atoms with Crippen LogP contribution >= 0.6 is 0 Å². The van der Waals surface area contributed by atoms with Gasteiger partial charge in [-0.1, -0.05) is 42.5 Å². The van der Waals surface area contributed by atoms with Crippen LogP contribution in [0.5, 0.6) is 0 Å². The molecule has 2 aliphatic rings. The molecule has 9 nitrogen and oxygen atoms in total. The number of benzene rings is 2. The number of nitrogens with zero attached hydrogens (tertiary/aromatic N) is 5. The first-order valence-corrected chi connectivity index (χ1v) is 11.9. The van der Waals surface area contributed by atoms with Crippen molar-refractivity contribution in [2.75, 3.05) is 33.4 Å². The molecule has 2 aromatic heterocycles. The number of aromatic amines is 1. The molecule has 1 fully saturated rings. The average Bonchev–Trinajstić information content (AvgIpc) is 3.67. The minimum atomic E-state index is -1.04. The topological polar surface area (TPSA) is 92.6 Å². The van der Waals surface area contributed by atoms with Crippen LogP contribution in [0.3, 0.4) is 0 Å². The summed E-state index contributed by atoms with van der Waals surface area (Å²) in [6.07, 6.45) is 7.57. The maximum Gasteiger partial charge on any atom is 0.222 e. The van der Waals surface area contributed by atoms with Gasteiger partial charge in [0.05, 0.1) is 30.3 Å². The van der Waals surface area contributed by atoms with E-state index in [1.165, 1.54) is 0 Å². The first-order valence-electron chi connectivity index (χ1n) is 11.9. The summed E-state index contributed by atoms with van der Waals surface area (Å²) in [6, 6.07) is 20.1. The van der Waals surface area contributed by atoms with Gasteiger partial charge in [0.15, 0.2) is 5.82 Å². The van der Waals surface area contributed by atoms with Gasteiger partial charge in [-0.3, -0.25) is 0 Å². The van der Waals surface area contributed by atoms with Gasteiger partial charge in [0.2, 0.25) is 11.7 Å². The van der Waals surface area contributed by atoms with Crippen LogP contribution in [0.4, 0.5) is 0 Å². The first kappa shape index (κ1) is 22.3. The second kappa shape index (κ2) is 9.44. The molecule has 1 saturated heterocycles. The number of aliphatic imine (C=N–C) groups is 1. The summed E-state index contributed by atoms with van der Waals surface area (Å²) in [5.74, 6) is 1.37. The Balaban J connectivity index is 1.44. The molecule has 2 aliphatic heterocycles. The Labute approximate surface area is 209 Å². The summed E-state index contributed by atoms with van der Waals surface area (Å²) in [5.41, 5.74) is 3.51. The lowest BCUT2D eigenvalue weighted by Crippen LogP contribution is -2.56. The van der Waals surface area contributed by atoms with Crippen molar-refractivity contribution in [3.8, 4) is 16.9 Å². The molecule has 6 rings (SSSR count). The van der Waals surface area contributed by atoms with Crippen molar-refractivity contribution in [2.24, 2.45) is 4.99 Å². The standard InChI is InChI=1S/C27H27N7O2/c1-35-27(25-28-19-24(30-25)20-7-3-2-4-8-20)18-23(31-26(32-27)33-13-15-36-16-14-33)21-9-5-10-22(17-21)34-12-6-11-29-34/h2-12,17-19H,13-16H2,1H3,(H,28,30)(H,31,32). The molecular weight excluding hydrogens is 454 g/mol. The lowest BCUT2D eigenvalue weighted by atomic mass is 10.0. The number of aromatic nitrogens is 4. The maximum atomic E-state index is 6.15. The van der Waals surface area contributed by atoms with Crippen LogP contribution in [0.15, 0.2) is 90.3 Å². The molecule has 4 aromatic rings. The molecule has 9 heteroatoms. The second-order valence-electron chi connectivity index (χ2n) is 8.63. The van der Waals surface area contributed by atoms with E-state index in [4.69, 9.17) is 19.5 Å². The third-order valence-electron chi connectivity index (χ3n) is 6.41. The van der Waals surface area contributed by atoms with E-state index in [-0.39, 0.29) is 0 Å². The molecule has 1 atom stereocenters. The van der Waals surface area contributed by atoms with Crippen molar-refractivity contribution < 1.29 is 9.47 Å². The summed E-state index contributed by atoms with van der Waals surface area (Å²) in [5, 5.41) is 7.89. The Morgan fingerprint density at radius 3 is 2.61 bits per heavy atom. The summed E-state index contributed by atoms with van der Waals surface area (Å²) in [7, 11) is 1.67. The molecule has 2 aromatic carbocycles. The van der Waals surface area contributed by atoms with Crippen molar-refractivity contribution in [3.63, 3.8) is 0 Å². The van der Waals surface area contributed by atoms with E-state index in [1.807, 2.05) is 77.7 Å². The molecule has 0 spiro atoms. The number of guanidine groups is 1. The third kappa shape index (κ3) is 4.19. The Bertz CT molecular complexity index is 1390. The van der Waals surface area contributed by atoms with Crippen LogP contribution in [0, 0.1) is 0 Å². The highest BCUT2D eigenvalue weighted by atomic mass is 16.5. The Hall–Kier alpha value is -4.21. The highest BCUT2D eigenvalue weighted by molar-refractivity contribution is 5.90. The number of methoxy groups -OCH3 is 1. The summed E-state index contributed by atoms with van der Waals surface area (Å²) < 4.78 is 13.6. The number of hydrogen-bond acceptors (Lipinski definition) is 7. The minimum absolute atomic E-state index is 0.644. The van der Waals surface area contributed by atoms with E-state index >= 15 is 0 Å². The maximum absolute atomic E-state index is 6.15. The van der Waals surface area contributed by atoms with Crippen LogP contribution < -0.4 is 5.32 Å². The van der Waals surface area contributed by atoms with Crippen molar-refractivity contribution in [2.45, 2.75) is 5.72 Å². The van der Waals surface area contributed by atoms with Gasteiger partial charge in [-0.15, -0.1) is 0 Å². The predicted octanol–water partition coefficient (Wildman–Crippen LogP) is 3.39. The van der Waals surface area contributed by atoms with E-state index in [2.05, 4.69) is 26.4 Å². The zero-order valence-corrected chi connectivity index (χ0v) is 20.0. The van der Waals surface area contributed by atoms with Gasteiger partial charge < -0.3 is 24.7 Å². The molecule has 4 heterocycles. The first-order chi connectivity index (χ1) is 17.7. The fraction of sp³-hybridized carbons (Fsp3) is 0.222. The number of H-pyrrole nitrogens is 1. The van der Waals surface area contributed by atoms with Gasteiger partial charge in [-0.05, 0) is 18.2 Å². The Morgan fingerprint density at radius 2 is 1.83 bits per heavy atom. The average molecular weight is 482 g/mol. The van der Waals surface area contributed by atoms with Crippen molar-refractivity contribution in [1.29, 1.82) is 0 Å². The van der Waals surface area contributed by atoms with Crippen LogP contribution in [0.2, 0.25) is 0 Å². The number of morpholine rings is 1. The van der Waals surface area contributed by atoms with E-state index in [1.54, 1.807) is 13.3 Å². The fourth-order valence-electron chi connectivity index (χ4n) is 4.47. The minimum Gasteiger partial charge on any atom is -0.378 e. The largest absolute Gasteiger partial charge is 0.378 e. The molecule has 0 amide bonds. The molecule has 0 radical (unpaired) electrons. The monoisotopic (exact) mass is 481 g/mol. The van der Waals surface area contributed by atoms with Crippen LogP contribution in [0.25, 0.3) is 22.6 Å². The van der Waals surface area contributed by atoms with E-state index in [0.29, 0.717) is 19.0 Å². The lowest BCUT2D eigenvalue weighted by molar-refractivity contribution is 0.00108. The quantitative estimate of drug-likeness (QED) is 0.454. The van der Waals surface area contributed by atoms with Crippen LogP contribution in [-0.2, 0) is 15.2 Å². The highest BCUT2D eigenvalue weighted by Gasteiger charge is 2.39. The number of rotatable bonds is 5. The molecule has 0 saturated carbocycles. The van der Waals surface area contributed by atoms with E-state index < -0.39 is 5.72 Å². The number of imidazole rings is 1. The van der Waals surface area contributed by atoms with E-state index in [9.17, 15) is 0 Å². The van der Waals surface area contributed by atoms with E-state index in [0.717, 1.165) is 47.3 Å². The van der Waals surface area contributed by atoms with Gasteiger partial charge >= 0.3 is 0 Å². The normalized spacial score (nSPS) is 20.0. The zero-order chi connectivity index (χ0) is 24.4. The lowest BCUT2D eigenvalue weighted by Gasteiger charge is -2.38. The van der Waals surface area contributed by atoms with Gasteiger partial charge in [0.25, 0.3) is 0 Å². The summed E-state index contributed by atoms with van der Waals surface area (Å²) in [4.78, 5) is 15.5. The van der Waals surface area contributed by atoms with Crippen molar-refractivity contribution in [1.82, 2.24) is 30.0 Å². The SMILES string of the molecule is COC1(c2nc(-c3ccccc3)c[nH]2)C=C(c2cccc(-n3cccn3)c2)N=C(N2CCOCC2)N1. The van der Waals surface area contributed by atoms with Gasteiger partial charge in [-0.25, -0.2) is 14.7 Å². The van der Waals surface area contributed by atoms with Gasteiger partial charge in [-0.2, -0.15) is 5.10 Å². The Kier molecular flexibility index (Phi) is 5.84. The highest BCUT2D eigenvalue weighted by Crippen LogP contribution is 2.33. The zero-order valence-electron chi connectivity index (χ0n) is 20.0. The number of nitrogens with one attached hydrogen (secondary N) is 2. The fourth-order valence-corrected chi connectivity index (χ4v) is 4.47. The molecule has 1 unspecified atom stereocenters. The van der Waals surface area contributed by atoms with Crippen molar-refractivity contribution in [3.05, 3.63) is 96.7 Å². The second-order valence-corrected chi connectivity index (χ2v) is 8.63. The van der Waals surface area contributed by atoms with Crippen molar-refractivity contribution >= 4 is 11.7 Å². The third-order valence-corrected chi connectivity index (χ3v) is 6.41. The molecule has 0 bridgehead atoms. The predicted molar refractivity (Wildman–Crippen MR) is 137 cm³/mol. The molecule has 0 aliphatic carbocycles. The molecule has 2 N–H and O–H groups in total. The Morgan fingerprint density at radius 1 is 1.00 bits per heavy atom. The van der Waals surface area contributed by atoms with Gasteiger partial charge in [0, 0.05) is 56.0 Å². The number of hydrogen-bond donors (Lipinski definition) is 2. The summed E-state index contributed by atoms with van der Waals surface area (Å²) >= 11 is 0. The smallest absolute Gasteiger partial charge is 0.222 e. The molecular formula is C27H27N7O2. The van der Waals surface area contributed by atoms with Gasteiger partial charge in [0.1, 0.15) is 0 Å². The van der Waals surface area contributed by atoms with Crippen LogP contribution in [-0.4, -0.2) is 64.0 Å². The summed E-state index contributed by atoms with van der Waals surface area (Å²) in [6.45, 7) is 2.76. The molecule has 36 heavy (non-hydrogen) atoms. The van der Waals surface area contributed by atoms with Crippen LogP contribution in [0.1, 0.15) is 11.4 Å².